The van der Waals surface area contributed by atoms with E-state index in [1.807, 2.05) is 30.3 Å². The molecule has 4 aromatic rings. The molecule has 6 nitrogen and oxygen atoms in total. The van der Waals surface area contributed by atoms with E-state index >= 15 is 0 Å². The number of hydrogen-bond donors (Lipinski definition) is 1. The van der Waals surface area contributed by atoms with E-state index in [0.29, 0.717) is 17.9 Å². The molecule has 0 saturated heterocycles. The molecule has 0 unspecified atom stereocenters. The maximum Gasteiger partial charge on any atom is 0.343 e. The molecule has 5 rings (SSSR count). The van der Waals surface area contributed by atoms with Crippen molar-refractivity contribution in [1.29, 1.82) is 0 Å². The summed E-state index contributed by atoms with van der Waals surface area (Å²) in [6.07, 6.45) is 5.14. The third-order valence-corrected chi connectivity index (χ3v) is 6.35. The Morgan fingerprint density at radius 3 is 2.53 bits per heavy atom. The normalized spacial score (nSPS) is 12.6. The van der Waals surface area contributed by atoms with Gasteiger partial charge in [0.05, 0.1) is 23.5 Å². The zero-order valence-electron chi connectivity index (χ0n) is 19.7. The second-order valence-corrected chi connectivity index (χ2v) is 8.24. The fourth-order valence-electron chi connectivity index (χ4n) is 4.91. The largest absolute Gasteiger partial charge is 0.481 e. The zero-order chi connectivity index (χ0) is 24.1. The Morgan fingerprint density at radius 2 is 1.79 bits per heavy atom. The van der Waals surface area contributed by atoms with Gasteiger partial charge in [0.15, 0.2) is 12.9 Å². The Labute approximate surface area is 199 Å². The summed E-state index contributed by atoms with van der Waals surface area (Å²) < 4.78 is 13.1. The lowest BCUT2D eigenvalue weighted by Gasteiger charge is -2.21. The van der Waals surface area contributed by atoms with Crippen molar-refractivity contribution >= 4 is 34.1 Å². The van der Waals surface area contributed by atoms with Crippen LogP contribution in [0.3, 0.4) is 0 Å². The third-order valence-electron chi connectivity index (χ3n) is 6.35. The standard InChI is InChI=1S/C27H25NO4.CH5N/c1-31-24(30)17-32-23-14-19-10-5-6-12-21(19)27-26(23)25-20(16-29)11-7-13-22(25)28(27)15-18-8-3-2-4-9-18;1-2/h2-4,7-9,11,13-14,16H,5-6,10,12,15,17H2,1H3;2H2,1H3. The van der Waals surface area contributed by atoms with Gasteiger partial charge >= 0.3 is 5.97 Å². The molecule has 1 aliphatic rings. The number of nitrogens with two attached hydrogens (primary N) is 1. The van der Waals surface area contributed by atoms with E-state index in [2.05, 4.69) is 34.6 Å². The first kappa shape index (κ1) is 23.5. The van der Waals surface area contributed by atoms with Crippen LogP contribution >= 0.6 is 0 Å². The minimum Gasteiger partial charge on any atom is -0.481 e. The maximum absolute atomic E-state index is 12.0. The number of esters is 1. The van der Waals surface area contributed by atoms with Gasteiger partial charge in [-0.25, -0.2) is 4.79 Å². The lowest BCUT2D eigenvalue weighted by molar-refractivity contribution is -0.142. The van der Waals surface area contributed by atoms with E-state index in [9.17, 15) is 9.59 Å². The summed E-state index contributed by atoms with van der Waals surface area (Å²) in [5.74, 6) is 0.205. The van der Waals surface area contributed by atoms with Crippen molar-refractivity contribution in [2.24, 2.45) is 5.73 Å². The summed E-state index contributed by atoms with van der Waals surface area (Å²) in [5, 5.41) is 1.78. The quantitative estimate of drug-likeness (QED) is 0.336. The number of aldehydes is 1. The molecule has 2 N–H and O–H groups in total. The third kappa shape index (κ3) is 4.29. The summed E-state index contributed by atoms with van der Waals surface area (Å²) >= 11 is 0. The van der Waals surface area contributed by atoms with E-state index in [4.69, 9.17) is 9.47 Å². The summed E-state index contributed by atoms with van der Waals surface area (Å²) in [4.78, 5) is 23.9. The van der Waals surface area contributed by atoms with Crippen molar-refractivity contribution in [1.82, 2.24) is 4.57 Å². The molecule has 0 spiro atoms. The van der Waals surface area contributed by atoms with Crippen LogP contribution in [0.25, 0.3) is 21.8 Å². The number of aryl methyl sites for hydroxylation is 2. The highest BCUT2D eigenvalue weighted by Gasteiger charge is 2.24. The fourth-order valence-corrected chi connectivity index (χ4v) is 4.91. The highest BCUT2D eigenvalue weighted by molar-refractivity contribution is 6.18. The van der Waals surface area contributed by atoms with Gasteiger partial charge in [0, 0.05) is 17.5 Å². The molecule has 1 heterocycles. The number of rotatable bonds is 6. The molecule has 176 valence electrons. The molecule has 0 radical (unpaired) electrons. The van der Waals surface area contributed by atoms with Crippen molar-refractivity contribution in [3.05, 3.63) is 76.9 Å². The molecule has 0 amide bonds. The monoisotopic (exact) mass is 458 g/mol. The first-order chi connectivity index (χ1) is 16.7. The van der Waals surface area contributed by atoms with Crippen LogP contribution in [0.5, 0.6) is 5.75 Å². The second kappa shape index (κ2) is 10.5. The van der Waals surface area contributed by atoms with Crippen molar-refractivity contribution in [2.75, 3.05) is 20.8 Å². The number of ether oxygens (including phenoxy) is 2. The van der Waals surface area contributed by atoms with Crippen LogP contribution in [0.1, 0.15) is 39.9 Å². The minimum atomic E-state index is -0.431. The van der Waals surface area contributed by atoms with E-state index in [1.54, 1.807) is 0 Å². The SMILES string of the molecule is CN.COC(=O)COc1cc2c(c3c1c1c(C=O)cccc1n3Cc1ccccc1)CCCC2. The van der Waals surface area contributed by atoms with Crippen LogP contribution < -0.4 is 10.5 Å². The number of aromatic nitrogens is 1. The van der Waals surface area contributed by atoms with Gasteiger partial charge in [-0.2, -0.15) is 0 Å². The predicted octanol–water partition coefficient (Wildman–Crippen LogP) is 4.66. The van der Waals surface area contributed by atoms with Gasteiger partial charge in [0.25, 0.3) is 0 Å². The van der Waals surface area contributed by atoms with Crippen molar-refractivity contribution in [2.45, 2.75) is 32.2 Å². The Morgan fingerprint density at radius 1 is 1.03 bits per heavy atom. The predicted molar refractivity (Wildman–Crippen MR) is 135 cm³/mol. The van der Waals surface area contributed by atoms with E-state index in [1.165, 1.54) is 30.8 Å². The average molecular weight is 459 g/mol. The molecule has 0 saturated carbocycles. The van der Waals surface area contributed by atoms with Gasteiger partial charge in [-0.1, -0.05) is 42.5 Å². The van der Waals surface area contributed by atoms with Gasteiger partial charge in [-0.05, 0) is 61.6 Å². The number of benzene rings is 3. The second-order valence-electron chi connectivity index (χ2n) is 8.24. The van der Waals surface area contributed by atoms with Crippen LogP contribution in [0.2, 0.25) is 0 Å². The highest BCUT2D eigenvalue weighted by atomic mass is 16.6. The van der Waals surface area contributed by atoms with Crippen LogP contribution in [0, 0.1) is 0 Å². The molecule has 1 aliphatic carbocycles. The number of carbonyl (C=O) groups excluding carboxylic acids is 2. The van der Waals surface area contributed by atoms with E-state index in [0.717, 1.165) is 53.8 Å². The lowest BCUT2D eigenvalue weighted by Crippen LogP contribution is -2.14. The molecule has 0 fully saturated rings. The van der Waals surface area contributed by atoms with Crippen molar-refractivity contribution in [3.63, 3.8) is 0 Å². The van der Waals surface area contributed by atoms with Crippen LogP contribution in [0.4, 0.5) is 0 Å². The number of hydrogen-bond acceptors (Lipinski definition) is 5. The number of fused-ring (bicyclic) bond motifs is 5. The molecule has 3 aromatic carbocycles. The van der Waals surface area contributed by atoms with E-state index < -0.39 is 5.97 Å². The van der Waals surface area contributed by atoms with Crippen LogP contribution in [-0.2, 0) is 28.9 Å². The van der Waals surface area contributed by atoms with Gasteiger partial charge in [-0.3, -0.25) is 4.79 Å². The Kier molecular flexibility index (Phi) is 7.28. The van der Waals surface area contributed by atoms with Gasteiger partial charge in [0.1, 0.15) is 5.75 Å². The number of nitrogens with zero attached hydrogens (tertiary/aromatic N) is 1. The first-order valence-corrected chi connectivity index (χ1v) is 11.6. The highest BCUT2D eigenvalue weighted by Crippen LogP contribution is 2.43. The van der Waals surface area contributed by atoms with E-state index in [-0.39, 0.29) is 6.61 Å². The Hall–Kier alpha value is -3.64. The van der Waals surface area contributed by atoms with Crippen molar-refractivity contribution < 1.29 is 19.1 Å². The summed E-state index contributed by atoms with van der Waals surface area (Å²) in [5.41, 5.74) is 11.0. The smallest absolute Gasteiger partial charge is 0.343 e. The number of methoxy groups -OCH3 is 1. The average Bonchev–Trinajstić information content (AvgIpc) is 3.23. The van der Waals surface area contributed by atoms with Crippen LogP contribution in [-0.4, -0.2) is 37.6 Å². The minimum absolute atomic E-state index is 0.168. The zero-order valence-corrected chi connectivity index (χ0v) is 19.7. The Balaban J connectivity index is 0.00000133. The molecule has 0 aliphatic heterocycles. The molecule has 0 bridgehead atoms. The lowest BCUT2D eigenvalue weighted by atomic mass is 9.89. The summed E-state index contributed by atoms with van der Waals surface area (Å²) in [7, 11) is 2.85. The molecule has 0 atom stereocenters. The van der Waals surface area contributed by atoms with Gasteiger partial charge in [0.2, 0.25) is 0 Å². The molecular weight excluding hydrogens is 428 g/mol. The molecule has 34 heavy (non-hydrogen) atoms. The first-order valence-electron chi connectivity index (χ1n) is 11.6. The number of carbonyl (C=O) groups is 2. The summed E-state index contributed by atoms with van der Waals surface area (Å²) in [6, 6.07) is 18.2. The topological polar surface area (TPSA) is 83.6 Å². The van der Waals surface area contributed by atoms with Crippen molar-refractivity contribution in [3.8, 4) is 5.75 Å². The summed E-state index contributed by atoms with van der Waals surface area (Å²) in [6.45, 7) is 0.523. The van der Waals surface area contributed by atoms with Crippen LogP contribution in [0.15, 0.2) is 54.6 Å². The molecule has 1 aromatic heterocycles. The molecular formula is C28H30N2O4. The van der Waals surface area contributed by atoms with Gasteiger partial charge < -0.3 is 19.8 Å². The maximum atomic E-state index is 12.0. The van der Waals surface area contributed by atoms with Gasteiger partial charge in [-0.15, -0.1) is 0 Å². The fraction of sp³-hybridized carbons (Fsp3) is 0.286. The molecule has 6 heteroatoms. The Bertz CT molecular complexity index is 1330.